The molecule has 1 fully saturated rings. The highest BCUT2D eigenvalue weighted by atomic mass is 35.5. The average Bonchev–Trinajstić information content (AvgIpc) is 3.72. The lowest BCUT2D eigenvalue weighted by Gasteiger charge is -2.36. The van der Waals surface area contributed by atoms with Crippen LogP contribution in [0.25, 0.3) is 0 Å². The number of anilines is 2. The molecule has 0 spiro atoms. The van der Waals surface area contributed by atoms with E-state index in [1.807, 2.05) is 0 Å². The van der Waals surface area contributed by atoms with Crippen molar-refractivity contribution in [2.75, 3.05) is 29.6 Å². The van der Waals surface area contributed by atoms with Crippen molar-refractivity contribution in [2.45, 2.75) is 92.9 Å². The minimum atomic E-state index is 0. The quantitative estimate of drug-likeness (QED) is 0.137. The van der Waals surface area contributed by atoms with Crippen molar-refractivity contribution in [2.24, 2.45) is 0 Å². The number of benzene rings is 6. The molecule has 6 aromatic rings. The zero-order valence-electron chi connectivity index (χ0n) is 35.3. The molecule has 0 amide bonds. The molecule has 0 radical (unpaired) electrons. The molecule has 6 aromatic carbocycles. The fourth-order valence-corrected chi connectivity index (χ4v) is 9.76. The molecule has 4 atom stereocenters. The molecular weight excluding hydrogens is 700 g/mol. The van der Waals surface area contributed by atoms with Crippen LogP contribution in [0.4, 0.5) is 11.4 Å². The van der Waals surface area contributed by atoms with Gasteiger partial charge in [0.25, 0.3) is 0 Å². The first-order chi connectivity index (χ1) is 26.5. The first-order valence-electron chi connectivity index (χ1n) is 20.5. The standard InChI is InChI=1S/C53H60N2.ClH/c1-34-36(3)48(40(7)44-23-15-11-16-24-44)52(49(37(34)4)41(8)45-25-17-12-18-26-45)54-31-32-55(33-54)53-50(42(9)46-27-19-13-20-28-46)38(5)35(2)39(6)51(53)43(10)47-29-21-14-22-30-47;/h11-30,40-43H,31-33H2,1-10H3;1H. The van der Waals surface area contributed by atoms with E-state index < -0.39 is 0 Å². The van der Waals surface area contributed by atoms with Gasteiger partial charge in [0, 0.05) is 48.1 Å². The van der Waals surface area contributed by atoms with E-state index in [1.54, 1.807) is 0 Å². The molecule has 56 heavy (non-hydrogen) atoms. The fourth-order valence-electron chi connectivity index (χ4n) is 9.76. The second-order valence-corrected chi connectivity index (χ2v) is 16.3. The third-order valence-corrected chi connectivity index (χ3v) is 13.4. The van der Waals surface area contributed by atoms with Gasteiger partial charge in [-0.15, -0.1) is 12.4 Å². The van der Waals surface area contributed by atoms with E-state index in [1.165, 1.54) is 89.3 Å². The lowest BCUT2D eigenvalue weighted by Crippen LogP contribution is -2.30. The Labute approximate surface area is 344 Å². The van der Waals surface area contributed by atoms with Crippen LogP contribution in [0.5, 0.6) is 0 Å². The van der Waals surface area contributed by atoms with Crippen LogP contribution in [0.15, 0.2) is 121 Å². The third-order valence-electron chi connectivity index (χ3n) is 13.4. The Morgan fingerprint density at radius 1 is 0.339 bits per heavy atom. The normalized spacial score (nSPS) is 15.0. The van der Waals surface area contributed by atoms with E-state index in [4.69, 9.17) is 0 Å². The van der Waals surface area contributed by atoms with Crippen LogP contribution in [0.1, 0.15) is 129 Å². The largest absolute Gasteiger partial charge is 0.352 e. The predicted octanol–water partition coefficient (Wildman–Crippen LogP) is 13.9. The molecule has 4 unspecified atom stereocenters. The summed E-state index contributed by atoms with van der Waals surface area (Å²) in [6.45, 7) is 26.7. The highest BCUT2D eigenvalue weighted by molar-refractivity contribution is 5.85. The van der Waals surface area contributed by atoms with E-state index in [-0.39, 0.29) is 36.1 Å². The molecule has 0 N–H and O–H groups in total. The van der Waals surface area contributed by atoms with Gasteiger partial charge in [-0.2, -0.15) is 0 Å². The maximum atomic E-state index is 2.75. The Bertz CT molecular complexity index is 1960. The van der Waals surface area contributed by atoms with Crippen LogP contribution >= 0.6 is 12.4 Å². The maximum Gasteiger partial charge on any atom is 0.0904 e. The van der Waals surface area contributed by atoms with E-state index in [9.17, 15) is 0 Å². The lowest BCUT2D eigenvalue weighted by atomic mass is 9.78. The minimum absolute atomic E-state index is 0. The Kier molecular flexibility index (Phi) is 12.5. The molecule has 3 heteroatoms. The molecular formula is C53H61ClN2. The molecule has 1 saturated heterocycles. The molecule has 0 aliphatic carbocycles. The highest BCUT2D eigenvalue weighted by Gasteiger charge is 2.35. The van der Waals surface area contributed by atoms with Gasteiger partial charge in [-0.05, 0) is 119 Å². The van der Waals surface area contributed by atoms with Crippen LogP contribution in [0.3, 0.4) is 0 Å². The van der Waals surface area contributed by atoms with Gasteiger partial charge in [0.2, 0.25) is 0 Å². The summed E-state index contributed by atoms with van der Waals surface area (Å²) in [5.41, 5.74) is 22.8. The van der Waals surface area contributed by atoms with Gasteiger partial charge >= 0.3 is 0 Å². The Morgan fingerprint density at radius 2 is 0.554 bits per heavy atom. The molecule has 1 heterocycles. The lowest BCUT2D eigenvalue weighted by molar-refractivity contribution is 0.816. The second kappa shape index (κ2) is 17.1. The monoisotopic (exact) mass is 760 g/mol. The van der Waals surface area contributed by atoms with Crippen molar-refractivity contribution in [3.63, 3.8) is 0 Å². The van der Waals surface area contributed by atoms with Crippen LogP contribution in [0, 0.1) is 41.5 Å². The van der Waals surface area contributed by atoms with Crippen molar-refractivity contribution < 1.29 is 0 Å². The van der Waals surface area contributed by atoms with E-state index in [2.05, 4.69) is 200 Å². The Balaban J connectivity index is 0.00000532. The SMILES string of the molecule is Cc1c(C)c(C(C)c2ccccc2)c(N2CCN(c3c(C(C)c4ccccc4)c(C)c(C)c(C)c3C(C)c3ccccc3)C2)c(C(C)c2ccccc2)c1C.Cl. The summed E-state index contributed by atoms with van der Waals surface area (Å²) in [7, 11) is 0. The van der Waals surface area contributed by atoms with Crippen LogP contribution in [-0.2, 0) is 0 Å². The molecule has 1 aliphatic heterocycles. The van der Waals surface area contributed by atoms with Gasteiger partial charge < -0.3 is 9.80 Å². The molecule has 0 aromatic heterocycles. The number of hydrogen-bond acceptors (Lipinski definition) is 2. The molecule has 0 saturated carbocycles. The van der Waals surface area contributed by atoms with Crippen molar-refractivity contribution in [1.82, 2.24) is 0 Å². The maximum absolute atomic E-state index is 2.75. The molecule has 290 valence electrons. The van der Waals surface area contributed by atoms with Crippen LogP contribution in [-0.4, -0.2) is 19.8 Å². The van der Waals surface area contributed by atoms with Gasteiger partial charge in [0.05, 0.1) is 6.67 Å². The molecule has 1 aliphatic rings. The van der Waals surface area contributed by atoms with E-state index >= 15 is 0 Å². The Morgan fingerprint density at radius 3 is 0.768 bits per heavy atom. The second-order valence-electron chi connectivity index (χ2n) is 16.3. The van der Waals surface area contributed by atoms with Crippen LogP contribution < -0.4 is 9.80 Å². The summed E-state index contributed by atoms with van der Waals surface area (Å²) in [5, 5.41) is 0. The summed E-state index contributed by atoms with van der Waals surface area (Å²) in [5.74, 6) is 0.991. The summed E-state index contributed by atoms with van der Waals surface area (Å²) in [4.78, 5) is 5.50. The molecule has 0 bridgehead atoms. The zero-order chi connectivity index (χ0) is 39.0. The first kappa shape index (κ1) is 40.9. The van der Waals surface area contributed by atoms with Crippen molar-refractivity contribution in [1.29, 1.82) is 0 Å². The summed E-state index contributed by atoms with van der Waals surface area (Å²) >= 11 is 0. The number of rotatable bonds is 10. The number of nitrogens with zero attached hydrogens (tertiary/aromatic N) is 2. The highest BCUT2D eigenvalue weighted by Crippen LogP contribution is 2.49. The fraction of sp³-hybridized carbons (Fsp3) is 0.321. The predicted molar refractivity (Wildman–Crippen MR) is 244 cm³/mol. The molecule has 7 rings (SSSR count). The van der Waals surface area contributed by atoms with Crippen molar-refractivity contribution in [3.8, 4) is 0 Å². The number of halogens is 1. The summed E-state index contributed by atoms with van der Waals surface area (Å²) in [6, 6.07) is 44.6. The van der Waals surface area contributed by atoms with Gasteiger partial charge in [-0.3, -0.25) is 0 Å². The topological polar surface area (TPSA) is 6.48 Å². The average molecular weight is 762 g/mol. The summed E-state index contributed by atoms with van der Waals surface area (Å²) in [6.07, 6.45) is 0. The summed E-state index contributed by atoms with van der Waals surface area (Å²) < 4.78 is 0. The van der Waals surface area contributed by atoms with Crippen LogP contribution in [0.2, 0.25) is 0 Å². The van der Waals surface area contributed by atoms with Crippen molar-refractivity contribution in [3.05, 3.63) is 199 Å². The first-order valence-corrected chi connectivity index (χ1v) is 20.5. The zero-order valence-corrected chi connectivity index (χ0v) is 36.1. The van der Waals surface area contributed by atoms with Gasteiger partial charge in [0.1, 0.15) is 0 Å². The Hall–Kier alpha value is -4.79. The van der Waals surface area contributed by atoms with E-state index in [0.717, 1.165) is 19.8 Å². The minimum Gasteiger partial charge on any atom is -0.352 e. The van der Waals surface area contributed by atoms with Crippen molar-refractivity contribution >= 4 is 23.8 Å². The number of hydrogen-bond donors (Lipinski definition) is 0. The van der Waals surface area contributed by atoms with E-state index in [0.29, 0.717) is 0 Å². The van der Waals surface area contributed by atoms with Gasteiger partial charge in [-0.25, -0.2) is 0 Å². The van der Waals surface area contributed by atoms with Gasteiger partial charge in [0.15, 0.2) is 0 Å². The third kappa shape index (κ3) is 7.41. The molecule has 2 nitrogen and oxygen atoms in total. The van der Waals surface area contributed by atoms with Gasteiger partial charge in [-0.1, -0.05) is 149 Å². The smallest absolute Gasteiger partial charge is 0.0904 e.